The van der Waals surface area contributed by atoms with Crippen molar-refractivity contribution in [3.8, 4) is 5.88 Å². The van der Waals surface area contributed by atoms with Crippen LogP contribution in [0.15, 0.2) is 59.5 Å². The number of esters is 1. The lowest BCUT2D eigenvalue weighted by atomic mass is 9.85. The molecule has 9 nitrogen and oxygen atoms in total. The fourth-order valence-electron chi connectivity index (χ4n) is 4.59. The maximum absolute atomic E-state index is 13.2. The topological polar surface area (TPSA) is 124 Å². The lowest BCUT2D eigenvalue weighted by molar-refractivity contribution is -0.145. The molecule has 0 spiro atoms. The van der Waals surface area contributed by atoms with Gasteiger partial charge in [0, 0.05) is 23.4 Å². The van der Waals surface area contributed by atoms with Gasteiger partial charge in [0.2, 0.25) is 21.8 Å². The first-order chi connectivity index (χ1) is 18.6. The molecule has 1 heterocycles. The number of pyridine rings is 1. The number of amides is 1. The van der Waals surface area contributed by atoms with E-state index in [0.29, 0.717) is 36.6 Å². The second kappa shape index (κ2) is 12.5. The van der Waals surface area contributed by atoms with Crippen LogP contribution < -0.4 is 14.8 Å². The summed E-state index contributed by atoms with van der Waals surface area (Å²) in [5.41, 5.74) is 1.34. The third-order valence-corrected chi connectivity index (χ3v) is 8.26. The number of fused-ring (bicyclic) bond motifs is 1. The number of halogens is 1. The molecule has 1 atom stereocenters. The van der Waals surface area contributed by atoms with Crippen molar-refractivity contribution in [2.45, 2.75) is 56.5 Å². The summed E-state index contributed by atoms with van der Waals surface area (Å²) in [6, 6.07) is 13.3. The first kappa shape index (κ1) is 28.4. The highest BCUT2D eigenvalue weighted by molar-refractivity contribution is 7.89. The molecule has 11 heteroatoms. The molecule has 39 heavy (non-hydrogen) atoms. The number of hydrogen-bond donors (Lipinski definition) is 2. The quantitative estimate of drug-likeness (QED) is 0.361. The van der Waals surface area contributed by atoms with Crippen LogP contribution >= 0.6 is 0 Å². The Hall–Kier alpha value is -3.57. The molecular formula is C28H32FN3O6S. The maximum atomic E-state index is 13.2. The molecule has 2 aromatic carbocycles. The van der Waals surface area contributed by atoms with Gasteiger partial charge in [-0.15, -0.1) is 0 Å². The predicted octanol–water partition coefficient (Wildman–Crippen LogP) is 4.03. The van der Waals surface area contributed by atoms with Gasteiger partial charge in [-0.25, -0.2) is 27.3 Å². The van der Waals surface area contributed by atoms with Crippen molar-refractivity contribution < 1.29 is 31.9 Å². The second-order valence-corrected chi connectivity index (χ2v) is 11.3. The van der Waals surface area contributed by atoms with Crippen LogP contribution in [0.4, 0.5) is 4.39 Å². The van der Waals surface area contributed by atoms with Crippen molar-refractivity contribution in [1.82, 2.24) is 15.0 Å². The summed E-state index contributed by atoms with van der Waals surface area (Å²) >= 11 is 0. The summed E-state index contributed by atoms with van der Waals surface area (Å²) in [7, 11) is -3.79. The Morgan fingerprint density at radius 2 is 1.77 bits per heavy atom. The first-order valence-electron chi connectivity index (χ1n) is 12.9. The van der Waals surface area contributed by atoms with E-state index in [4.69, 9.17) is 9.47 Å². The molecular weight excluding hydrogens is 525 g/mol. The highest BCUT2D eigenvalue weighted by atomic mass is 32.2. The van der Waals surface area contributed by atoms with Gasteiger partial charge in [-0.1, -0.05) is 12.1 Å². The van der Waals surface area contributed by atoms with E-state index in [9.17, 15) is 22.4 Å². The van der Waals surface area contributed by atoms with E-state index in [2.05, 4.69) is 15.0 Å². The molecule has 4 rings (SSSR count). The van der Waals surface area contributed by atoms with E-state index in [1.54, 1.807) is 37.3 Å². The average Bonchev–Trinajstić information content (AvgIpc) is 2.92. The van der Waals surface area contributed by atoms with E-state index in [-0.39, 0.29) is 53.7 Å². The summed E-state index contributed by atoms with van der Waals surface area (Å²) in [6.07, 6.45) is 2.20. The third kappa shape index (κ3) is 7.51. The molecule has 1 aliphatic carbocycles. The van der Waals surface area contributed by atoms with Gasteiger partial charge in [0.1, 0.15) is 5.82 Å². The fourth-order valence-corrected chi connectivity index (χ4v) is 5.93. The molecule has 0 bridgehead atoms. The number of carbonyl (C=O) groups excluding carboxylic acids is 2. The standard InChI is InChI=1S/C28H32FN3O6S/c1-3-37-27(33)17-38-26-15-8-21-16-24(13-14-25(21)31-26)39(35,36)32-23-11-6-20(7-12-23)28(34)30-18(2)19-4-9-22(29)10-5-19/h4-5,8-10,13-16,18,20,23,32H,3,6-7,11-12,17H2,1-2H3,(H,30,34)/t18-,20?,23?/m1/s1. The highest BCUT2D eigenvalue weighted by Gasteiger charge is 2.30. The molecule has 208 valence electrons. The van der Waals surface area contributed by atoms with Gasteiger partial charge in [0.15, 0.2) is 6.61 Å². The Balaban J connectivity index is 1.31. The van der Waals surface area contributed by atoms with Gasteiger partial charge in [-0.05, 0) is 81.5 Å². The minimum atomic E-state index is -3.79. The number of sulfonamides is 1. The zero-order chi connectivity index (χ0) is 28.0. The van der Waals surface area contributed by atoms with Crippen molar-refractivity contribution in [2.24, 2.45) is 5.92 Å². The summed E-state index contributed by atoms with van der Waals surface area (Å²) in [4.78, 5) is 28.7. The number of hydrogen-bond acceptors (Lipinski definition) is 7. The number of aromatic nitrogens is 1. The van der Waals surface area contributed by atoms with Gasteiger partial charge < -0.3 is 14.8 Å². The van der Waals surface area contributed by atoms with Crippen molar-refractivity contribution >= 4 is 32.8 Å². The number of benzene rings is 2. The molecule has 1 aromatic heterocycles. The van der Waals surface area contributed by atoms with Crippen LogP contribution in [-0.4, -0.2) is 44.5 Å². The minimum Gasteiger partial charge on any atom is -0.466 e. The lowest BCUT2D eigenvalue weighted by Gasteiger charge is -2.29. The lowest BCUT2D eigenvalue weighted by Crippen LogP contribution is -2.41. The van der Waals surface area contributed by atoms with Crippen LogP contribution in [0.2, 0.25) is 0 Å². The molecule has 0 unspecified atom stereocenters. The van der Waals surface area contributed by atoms with Crippen LogP contribution in [0.3, 0.4) is 0 Å². The Morgan fingerprint density at radius 3 is 2.46 bits per heavy atom. The zero-order valence-electron chi connectivity index (χ0n) is 21.9. The highest BCUT2D eigenvalue weighted by Crippen LogP contribution is 2.27. The second-order valence-electron chi connectivity index (χ2n) is 9.55. The normalized spacial score (nSPS) is 18.3. The van der Waals surface area contributed by atoms with Crippen molar-refractivity contribution in [1.29, 1.82) is 0 Å². The minimum absolute atomic E-state index is 0.0826. The number of ether oxygens (including phenoxy) is 2. The van der Waals surface area contributed by atoms with E-state index in [1.165, 1.54) is 24.3 Å². The number of nitrogens with one attached hydrogen (secondary N) is 2. The summed E-state index contributed by atoms with van der Waals surface area (Å²) in [6.45, 7) is 3.55. The molecule has 2 N–H and O–H groups in total. The summed E-state index contributed by atoms with van der Waals surface area (Å²) in [5.74, 6) is -0.885. The van der Waals surface area contributed by atoms with Gasteiger partial charge >= 0.3 is 5.97 Å². The van der Waals surface area contributed by atoms with E-state index < -0.39 is 16.0 Å². The SMILES string of the molecule is CCOC(=O)COc1ccc2cc(S(=O)(=O)NC3CCC(C(=O)N[C@H](C)c4ccc(F)cc4)CC3)ccc2n1. The van der Waals surface area contributed by atoms with Gasteiger partial charge in [-0.2, -0.15) is 0 Å². The van der Waals surface area contributed by atoms with Crippen LogP contribution in [-0.2, 0) is 24.3 Å². The third-order valence-electron chi connectivity index (χ3n) is 6.74. The molecule has 1 fully saturated rings. The predicted molar refractivity (Wildman–Crippen MR) is 143 cm³/mol. The average molecular weight is 558 g/mol. The van der Waals surface area contributed by atoms with Gasteiger partial charge in [-0.3, -0.25) is 4.79 Å². The Labute approximate surface area is 227 Å². The molecule has 0 saturated heterocycles. The van der Waals surface area contributed by atoms with E-state index in [1.807, 2.05) is 6.92 Å². The molecule has 0 aliphatic heterocycles. The van der Waals surface area contributed by atoms with Crippen LogP contribution in [0, 0.1) is 11.7 Å². The largest absolute Gasteiger partial charge is 0.466 e. The van der Waals surface area contributed by atoms with Gasteiger partial charge in [0.25, 0.3) is 0 Å². The zero-order valence-corrected chi connectivity index (χ0v) is 22.7. The summed E-state index contributed by atoms with van der Waals surface area (Å²) < 4.78 is 52.3. The van der Waals surface area contributed by atoms with Crippen LogP contribution in [0.1, 0.15) is 51.1 Å². The van der Waals surface area contributed by atoms with E-state index >= 15 is 0 Å². The van der Waals surface area contributed by atoms with Gasteiger partial charge in [0.05, 0.1) is 23.1 Å². The Bertz CT molecular complexity index is 1420. The monoisotopic (exact) mass is 557 g/mol. The van der Waals surface area contributed by atoms with Crippen molar-refractivity contribution in [3.63, 3.8) is 0 Å². The van der Waals surface area contributed by atoms with E-state index in [0.717, 1.165) is 5.56 Å². The summed E-state index contributed by atoms with van der Waals surface area (Å²) in [5, 5.41) is 3.58. The van der Waals surface area contributed by atoms with Crippen LogP contribution in [0.25, 0.3) is 10.9 Å². The smallest absolute Gasteiger partial charge is 0.344 e. The molecule has 1 aliphatic rings. The van der Waals surface area contributed by atoms with Crippen LogP contribution in [0.5, 0.6) is 5.88 Å². The number of carbonyl (C=O) groups is 2. The Morgan fingerprint density at radius 1 is 1.05 bits per heavy atom. The first-order valence-corrected chi connectivity index (χ1v) is 14.4. The number of rotatable bonds is 10. The molecule has 1 saturated carbocycles. The van der Waals surface area contributed by atoms with Crippen molar-refractivity contribution in [2.75, 3.05) is 13.2 Å². The maximum Gasteiger partial charge on any atom is 0.344 e. The molecule has 3 aromatic rings. The van der Waals surface area contributed by atoms with Crippen molar-refractivity contribution in [3.05, 3.63) is 66.0 Å². The fraction of sp³-hybridized carbons (Fsp3) is 0.393. The number of nitrogens with zero attached hydrogens (tertiary/aromatic N) is 1. The molecule has 0 radical (unpaired) electrons. The Kier molecular flexibility index (Phi) is 9.13. The molecule has 1 amide bonds.